The Morgan fingerprint density at radius 1 is 0.852 bits per heavy atom. The van der Waals surface area contributed by atoms with Crippen LogP contribution in [0.4, 0.5) is 0 Å². The lowest BCUT2D eigenvalue weighted by Crippen LogP contribution is -2.29. The number of carbonyl (C=O) groups is 2. The number of allylic oxidation sites excluding steroid dienone is 1. The molecule has 0 amide bonds. The van der Waals surface area contributed by atoms with Crippen molar-refractivity contribution in [2.75, 3.05) is 6.61 Å². The minimum Gasteiger partial charge on any atom is -0.511 e. The average Bonchev–Trinajstić information content (AvgIpc) is 2.59. The molecule has 0 bridgehead atoms. The summed E-state index contributed by atoms with van der Waals surface area (Å²) in [5, 5.41) is 30.4. The first-order valence-corrected chi connectivity index (χ1v) is 10.3. The van der Waals surface area contributed by atoms with E-state index in [0.29, 0.717) is 31.1 Å². The lowest BCUT2D eigenvalue weighted by Gasteiger charge is -2.20. The fourth-order valence-electron chi connectivity index (χ4n) is 2.83. The van der Waals surface area contributed by atoms with E-state index in [9.17, 15) is 24.9 Å². The third-order valence-corrected chi connectivity index (χ3v) is 5.03. The topological polar surface area (TPSA) is 94.8 Å². The van der Waals surface area contributed by atoms with Gasteiger partial charge in [0.15, 0.2) is 11.6 Å². The summed E-state index contributed by atoms with van der Waals surface area (Å²) in [4.78, 5) is 25.7. The van der Waals surface area contributed by atoms with Gasteiger partial charge in [-0.25, -0.2) is 0 Å². The van der Waals surface area contributed by atoms with Crippen molar-refractivity contribution in [1.82, 2.24) is 0 Å². The zero-order chi connectivity index (χ0) is 21.1. The van der Waals surface area contributed by atoms with Gasteiger partial charge in [-0.2, -0.15) is 0 Å². The molecule has 0 saturated carbocycles. The monoisotopic (exact) mass is 384 g/mol. The van der Waals surface area contributed by atoms with E-state index in [1.165, 1.54) is 0 Å². The zero-order valence-electron chi connectivity index (χ0n) is 18.0. The maximum Gasteiger partial charge on any atom is 0.175 e. The molecule has 5 nitrogen and oxygen atoms in total. The molecule has 158 valence electrons. The van der Waals surface area contributed by atoms with Crippen molar-refractivity contribution >= 4 is 11.6 Å². The molecule has 0 fully saturated rings. The van der Waals surface area contributed by atoms with Crippen LogP contribution in [0, 0.1) is 23.7 Å². The summed E-state index contributed by atoms with van der Waals surface area (Å²) < 4.78 is 0. The first-order chi connectivity index (χ1) is 12.5. The van der Waals surface area contributed by atoms with Gasteiger partial charge in [-0.1, -0.05) is 48.0 Å². The Bertz CT molecular complexity index is 493. The highest BCUT2D eigenvalue weighted by Crippen LogP contribution is 2.24. The second-order valence-corrected chi connectivity index (χ2v) is 8.54. The van der Waals surface area contributed by atoms with Gasteiger partial charge < -0.3 is 15.3 Å². The van der Waals surface area contributed by atoms with Crippen LogP contribution in [-0.4, -0.2) is 39.6 Å². The van der Waals surface area contributed by atoms with Crippen molar-refractivity contribution < 1.29 is 24.9 Å². The summed E-state index contributed by atoms with van der Waals surface area (Å²) in [5.41, 5.74) is -0.226. The molecular weight excluding hydrogens is 344 g/mol. The van der Waals surface area contributed by atoms with E-state index in [2.05, 4.69) is 0 Å². The summed E-state index contributed by atoms with van der Waals surface area (Å²) in [6, 6.07) is 0. The molecule has 3 atom stereocenters. The van der Waals surface area contributed by atoms with E-state index in [4.69, 9.17) is 0 Å². The number of carbonyl (C=O) groups excluding carboxylic acids is 2. The third-order valence-electron chi connectivity index (χ3n) is 5.03. The molecule has 27 heavy (non-hydrogen) atoms. The van der Waals surface area contributed by atoms with Crippen molar-refractivity contribution in [2.45, 2.75) is 86.2 Å². The predicted octanol–water partition coefficient (Wildman–Crippen LogP) is 4.21. The summed E-state index contributed by atoms with van der Waals surface area (Å²) in [5.74, 6) is -1.56. The van der Waals surface area contributed by atoms with Crippen LogP contribution in [0.25, 0.3) is 0 Å². The second-order valence-electron chi connectivity index (χ2n) is 8.54. The molecule has 0 aromatic rings. The molecule has 2 unspecified atom stereocenters. The molecule has 0 aliphatic rings. The number of Topliss-reactive ketones (excluding diaryl/α,β-unsaturated/α-hetero) is 2. The molecule has 3 N–H and O–H groups in total. The van der Waals surface area contributed by atoms with Crippen LogP contribution < -0.4 is 0 Å². The van der Waals surface area contributed by atoms with Gasteiger partial charge in [-0.15, -0.1) is 0 Å². The van der Waals surface area contributed by atoms with Crippen LogP contribution in [0.3, 0.4) is 0 Å². The molecule has 0 rings (SSSR count). The summed E-state index contributed by atoms with van der Waals surface area (Å²) in [6.45, 7) is 11.4. The van der Waals surface area contributed by atoms with Gasteiger partial charge in [0.05, 0.1) is 18.3 Å². The standard InChI is InChI=1S/C22H40O5/c1-7-16(6)21(26)20(19(25)12-18(24)11-9-15(4)5)22(27)17(13-23)10-8-14(2)3/h14-18,23-25H,7-13H2,1-6H3/b20-19+/t16?,17?,18-/m0/s1. The molecule has 0 aliphatic heterocycles. The highest BCUT2D eigenvalue weighted by atomic mass is 16.3. The van der Waals surface area contributed by atoms with Gasteiger partial charge in [0.25, 0.3) is 0 Å². The predicted molar refractivity (Wildman–Crippen MR) is 108 cm³/mol. The van der Waals surface area contributed by atoms with Crippen LogP contribution >= 0.6 is 0 Å². The number of ketones is 2. The quantitative estimate of drug-likeness (QED) is 0.180. The van der Waals surface area contributed by atoms with E-state index in [-0.39, 0.29) is 24.4 Å². The Morgan fingerprint density at radius 3 is 1.81 bits per heavy atom. The average molecular weight is 385 g/mol. The fraction of sp³-hybridized carbons (Fsp3) is 0.818. The molecule has 0 saturated heterocycles. The van der Waals surface area contributed by atoms with Crippen molar-refractivity contribution in [2.24, 2.45) is 23.7 Å². The van der Waals surface area contributed by atoms with Gasteiger partial charge >= 0.3 is 0 Å². The second kappa shape index (κ2) is 13.1. The molecule has 0 aromatic heterocycles. The smallest absolute Gasteiger partial charge is 0.175 e. The minimum atomic E-state index is -0.803. The normalized spacial score (nSPS) is 16.2. The minimum absolute atomic E-state index is 0.113. The van der Waals surface area contributed by atoms with Gasteiger partial charge in [0.1, 0.15) is 5.76 Å². The lowest BCUT2D eigenvalue weighted by molar-refractivity contribution is -0.126. The van der Waals surface area contributed by atoms with Crippen molar-refractivity contribution in [3.63, 3.8) is 0 Å². The summed E-state index contributed by atoms with van der Waals surface area (Å²) in [7, 11) is 0. The van der Waals surface area contributed by atoms with Crippen LogP contribution in [0.2, 0.25) is 0 Å². The van der Waals surface area contributed by atoms with E-state index in [1.807, 2.05) is 34.6 Å². The number of hydrogen-bond acceptors (Lipinski definition) is 5. The molecule has 0 spiro atoms. The van der Waals surface area contributed by atoms with Crippen LogP contribution in [-0.2, 0) is 9.59 Å². The van der Waals surface area contributed by atoms with E-state index in [0.717, 1.165) is 12.8 Å². The van der Waals surface area contributed by atoms with Crippen LogP contribution in [0.1, 0.15) is 80.1 Å². The molecule has 5 heteroatoms. The third kappa shape index (κ3) is 9.52. The van der Waals surface area contributed by atoms with Crippen LogP contribution in [0.15, 0.2) is 11.3 Å². The Balaban J connectivity index is 5.58. The van der Waals surface area contributed by atoms with E-state index < -0.39 is 29.5 Å². The Morgan fingerprint density at radius 2 is 1.37 bits per heavy atom. The fourth-order valence-corrected chi connectivity index (χ4v) is 2.83. The van der Waals surface area contributed by atoms with Gasteiger partial charge in [-0.05, 0) is 37.5 Å². The molecule has 0 heterocycles. The molecule has 0 radical (unpaired) electrons. The Kier molecular flexibility index (Phi) is 12.5. The Hall–Kier alpha value is -1.20. The number of aliphatic hydroxyl groups excluding tert-OH is 3. The number of rotatable bonds is 14. The highest BCUT2D eigenvalue weighted by Gasteiger charge is 2.32. The maximum atomic E-state index is 13.0. The summed E-state index contributed by atoms with van der Waals surface area (Å²) in [6.07, 6.45) is 2.14. The largest absolute Gasteiger partial charge is 0.511 e. The van der Waals surface area contributed by atoms with Gasteiger partial charge in [-0.3, -0.25) is 9.59 Å². The van der Waals surface area contributed by atoms with Crippen molar-refractivity contribution in [3.05, 3.63) is 11.3 Å². The lowest BCUT2D eigenvalue weighted by atomic mass is 9.84. The highest BCUT2D eigenvalue weighted by molar-refractivity contribution is 6.21. The zero-order valence-corrected chi connectivity index (χ0v) is 18.0. The number of hydrogen-bond donors (Lipinski definition) is 3. The number of aliphatic hydroxyl groups is 3. The molecular formula is C22H40O5. The Labute approximate surface area is 164 Å². The summed E-state index contributed by atoms with van der Waals surface area (Å²) >= 11 is 0. The van der Waals surface area contributed by atoms with Crippen molar-refractivity contribution in [1.29, 1.82) is 0 Å². The van der Waals surface area contributed by atoms with Crippen LogP contribution in [0.5, 0.6) is 0 Å². The molecule has 0 aliphatic carbocycles. The van der Waals surface area contributed by atoms with Gasteiger partial charge in [0.2, 0.25) is 0 Å². The van der Waals surface area contributed by atoms with Gasteiger partial charge in [0, 0.05) is 18.3 Å². The van der Waals surface area contributed by atoms with E-state index >= 15 is 0 Å². The molecule has 0 aromatic carbocycles. The maximum absolute atomic E-state index is 13.0. The van der Waals surface area contributed by atoms with Crippen molar-refractivity contribution in [3.8, 4) is 0 Å². The van der Waals surface area contributed by atoms with E-state index in [1.54, 1.807) is 6.92 Å². The first kappa shape index (κ1) is 25.8. The first-order valence-electron chi connectivity index (χ1n) is 10.3. The SMILES string of the molecule is CCC(C)C(=O)/C(C(=O)C(CO)CCC(C)C)=C(\O)C[C@@H](O)CCC(C)C.